The third-order valence-electron chi connectivity index (χ3n) is 4.30. The first-order valence-electron chi connectivity index (χ1n) is 9.21. The minimum Gasteiger partial charge on any atom is -0.497 e. The molecule has 1 unspecified atom stereocenters. The zero-order valence-corrected chi connectivity index (χ0v) is 19.1. The van der Waals surface area contributed by atoms with Crippen LogP contribution in [0.15, 0.2) is 47.6 Å². The Bertz CT molecular complexity index is 978. The molecular weight excluding hydrogens is 429 g/mol. The van der Waals surface area contributed by atoms with E-state index in [9.17, 15) is 0 Å². The molecule has 5 nitrogen and oxygen atoms in total. The van der Waals surface area contributed by atoms with Gasteiger partial charge in [0.15, 0.2) is 17.1 Å². The highest BCUT2D eigenvalue weighted by molar-refractivity contribution is 7.98. The maximum Gasteiger partial charge on any atom is 0.191 e. The molecule has 0 bridgehead atoms. The topological polar surface area (TPSA) is 49.2 Å². The van der Waals surface area contributed by atoms with E-state index in [1.807, 2.05) is 43.3 Å². The predicted molar refractivity (Wildman–Crippen MR) is 118 cm³/mol. The molecule has 0 aliphatic rings. The Morgan fingerprint density at radius 2 is 1.79 bits per heavy atom. The molecule has 29 heavy (non-hydrogen) atoms. The molecular formula is C21H23Cl2N3O2S. The lowest BCUT2D eigenvalue weighted by Crippen LogP contribution is -2.14. The van der Waals surface area contributed by atoms with Crippen LogP contribution in [-0.2, 0) is 5.75 Å². The third-order valence-corrected chi connectivity index (χ3v) is 5.88. The van der Waals surface area contributed by atoms with E-state index < -0.39 is 0 Å². The third kappa shape index (κ3) is 5.38. The van der Waals surface area contributed by atoms with Crippen molar-refractivity contribution in [1.29, 1.82) is 0 Å². The summed E-state index contributed by atoms with van der Waals surface area (Å²) in [5, 5.41) is 10.9. The summed E-state index contributed by atoms with van der Waals surface area (Å²) in [5.74, 6) is 2.91. The van der Waals surface area contributed by atoms with Crippen molar-refractivity contribution in [3.05, 3.63) is 63.9 Å². The highest BCUT2D eigenvalue weighted by Crippen LogP contribution is 2.32. The lowest BCUT2D eigenvalue weighted by molar-refractivity contribution is 0.206. The van der Waals surface area contributed by atoms with Crippen LogP contribution in [0.4, 0.5) is 0 Å². The van der Waals surface area contributed by atoms with E-state index in [1.165, 1.54) is 0 Å². The number of hydrogen-bond donors (Lipinski definition) is 0. The number of thioether (sulfide) groups is 1. The van der Waals surface area contributed by atoms with Crippen LogP contribution >= 0.6 is 35.0 Å². The van der Waals surface area contributed by atoms with Crippen LogP contribution in [-0.4, -0.2) is 21.9 Å². The van der Waals surface area contributed by atoms with Gasteiger partial charge in [-0.3, -0.25) is 0 Å². The molecule has 0 spiro atoms. The largest absolute Gasteiger partial charge is 0.497 e. The van der Waals surface area contributed by atoms with Gasteiger partial charge in [-0.05, 0) is 50.6 Å². The Morgan fingerprint density at radius 3 is 2.48 bits per heavy atom. The molecule has 3 aromatic rings. The Kier molecular flexibility index (Phi) is 7.33. The summed E-state index contributed by atoms with van der Waals surface area (Å²) < 4.78 is 13.5. The normalized spacial score (nSPS) is 12.2. The van der Waals surface area contributed by atoms with Gasteiger partial charge in [0.25, 0.3) is 0 Å². The van der Waals surface area contributed by atoms with Gasteiger partial charge < -0.3 is 14.0 Å². The van der Waals surface area contributed by atoms with Gasteiger partial charge in [-0.25, -0.2) is 0 Å². The molecule has 3 rings (SSSR count). The number of hydrogen-bond acceptors (Lipinski definition) is 5. The number of halogens is 2. The second-order valence-corrected chi connectivity index (χ2v) is 8.55. The highest BCUT2D eigenvalue weighted by atomic mass is 35.5. The zero-order valence-electron chi connectivity index (χ0n) is 16.7. The molecule has 0 saturated heterocycles. The Hall–Kier alpha value is -1.89. The molecule has 0 fully saturated rings. The Labute approximate surface area is 185 Å². The Balaban J connectivity index is 1.78. The summed E-state index contributed by atoms with van der Waals surface area (Å²) in [6, 6.07) is 13.2. The van der Waals surface area contributed by atoms with E-state index in [1.54, 1.807) is 24.9 Å². The lowest BCUT2D eigenvalue weighted by Gasteiger charge is -2.19. The molecule has 0 radical (unpaired) electrons. The first-order chi connectivity index (χ1) is 13.9. The van der Waals surface area contributed by atoms with Crippen LogP contribution in [0.3, 0.4) is 0 Å². The van der Waals surface area contributed by atoms with Gasteiger partial charge in [0.2, 0.25) is 0 Å². The molecule has 8 heteroatoms. The number of nitrogens with zero attached hydrogens (tertiary/aromatic N) is 3. The van der Waals surface area contributed by atoms with Crippen molar-refractivity contribution in [3.63, 3.8) is 0 Å². The SMILES string of the molecule is COc1cccc(OC(C)c2nnc(SCc3ccc(Cl)cc3Cl)n2C(C)C)c1. The van der Waals surface area contributed by atoms with Crippen LogP contribution in [0.2, 0.25) is 10.0 Å². The number of methoxy groups -OCH3 is 1. The van der Waals surface area contributed by atoms with Crippen LogP contribution in [0, 0.1) is 0 Å². The summed E-state index contributed by atoms with van der Waals surface area (Å²) in [6.45, 7) is 6.17. The van der Waals surface area contributed by atoms with Gasteiger partial charge in [-0.15, -0.1) is 10.2 Å². The van der Waals surface area contributed by atoms with Crippen LogP contribution in [0.1, 0.15) is 44.3 Å². The van der Waals surface area contributed by atoms with E-state index in [2.05, 4.69) is 28.6 Å². The summed E-state index contributed by atoms with van der Waals surface area (Å²) in [5.41, 5.74) is 1.00. The fourth-order valence-electron chi connectivity index (χ4n) is 2.86. The van der Waals surface area contributed by atoms with Gasteiger partial charge in [0.1, 0.15) is 11.5 Å². The van der Waals surface area contributed by atoms with Gasteiger partial charge in [-0.1, -0.05) is 47.1 Å². The second-order valence-electron chi connectivity index (χ2n) is 6.77. The second kappa shape index (κ2) is 9.74. The quantitative estimate of drug-likeness (QED) is 0.360. The maximum absolute atomic E-state index is 6.30. The minimum atomic E-state index is -0.273. The predicted octanol–water partition coefficient (Wildman–Crippen LogP) is 6.61. The van der Waals surface area contributed by atoms with E-state index in [-0.39, 0.29) is 12.1 Å². The molecule has 1 aromatic heterocycles. The van der Waals surface area contributed by atoms with Gasteiger partial charge in [-0.2, -0.15) is 0 Å². The standard InChI is InChI=1S/C21H23Cl2N3O2S/c1-13(2)26-20(14(3)28-18-7-5-6-17(11-18)27-4)24-25-21(26)29-12-15-8-9-16(22)10-19(15)23/h5-11,13-14H,12H2,1-4H3. The van der Waals surface area contributed by atoms with E-state index in [0.717, 1.165) is 28.0 Å². The average Bonchev–Trinajstić information content (AvgIpc) is 3.12. The maximum atomic E-state index is 6.30. The van der Waals surface area contributed by atoms with E-state index in [4.69, 9.17) is 32.7 Å². The fourth-order valence-corrected chi connectivity index (χ4v) is 4.49. The van der Waals surface area contributed by atoms with Crippen molar-refractivity contribution in [2.24, 2.45) is 0 Å². The summed E-state index contributed by atoms with van der Waals surface area (Å²) in [7, 11) is 1.63. The molecule has 0 aliphatic heterocycles. The highest BCUT2D eigenvalue weighted by Gasteiger charge is 2.22. The number of aromatic nitrogens is 3. The van der Waals surface area contributed by atoms with E-state index >= 15 is 0 Å². The molecule has 0 aliphatic carbocycles. The van der Waals surface area contributed by atoms with Crippen molar-refractivity contribution < 1.29 is 9.47 Å². The van der Waals surface area contributed by atoms with Crippen molar-refractivity contribution in [1.82, 2.24) is 14.8 Å². The van der Waals surface area contributed by atoms with Gasteiger partial charge in [0.05, 0.1) is 7.11 Å². The summed E-state index contributed by atoms with van der Waals surface area (Å²) >= 11 is 13.9. The molecule has 154 valence electrons. The van der Waals surface area contributed by atoms with Crippen LogP contribution in [0.5, 0.6) is 11.5 Å². The Morgan fingerprint density at radius 1 is 1.03 bits per heavy atom. The lowest BCUT2D eigenvalue weighted by atomic mass is 10.2. The minimum absolute atomic E-state index is 0.180. The van der Waals surface area contributed by atoms with Crippen LogP contribution < -0.4 is 9.47 Å². The van der Waals surface area contributed by atoms with Crippen molar-refractivity contribution in [2.75, 3.05) is 7.11 Å². The molecule has 1 heterocycles. The van der Waals surface area contributed by atoms with Crippen molar-refractivity contribution in [3.8, 4) is 11.5 Å². The first-order valence-corrected chi connectivity index (χ1v) is 11.0. The fraction of sp³-hybridized carbons (Fsp3) is 0.333. The van der Waals surface area contributed by atoms with Gasteiger partial charge in [0, 0.05) is 27.9 Å². The first kappa shape index (κ1) is 21.8. The van der Waals surface area contributed by atoms with Gasteiger partial charge >= 0.3 is 0 Å². The molecule has 2 aromatic carbocycles. The van der Waals surface area contributed by atoms with Crippen molar-refractivity contribution >= 4 is 35.0 Å². The molecule has 0 amide bonds. The van der Waals surface area contributed by atoms with Crippen LogP contribution in [0.25, 0.3) is 0 Å². The van der Waals surface area contributed by atoms with Crippen molar-refractivity contribution in [2.45, 2.75) is 43.8 Å². The smallest absolute Gasteiger partial charge is 0.191 e. The number of rotatable bonds is 8. The summed E-state index contributed by atoms with van der Waals surface area (Å²) in [4.78, 5) is 0. The number of ether oxygens (including phenoxy) is 2. The number of benzene rings is 2. The molecule has 0 N–H and O–H groups in total. The summed E-state index contributed by atoms with van der Waals surface area (Å²) in [6.07, 6.45) is -0.273. The zero-order chi connectivity index (χ0) is 21.0. The average molecular weight is 452 g/mol. The molecule has 0 saturated carbocycles. The van der Waals surface area contributed by atoms with E-state index in [0.29, 0.717) is 15.8 Å². The molecule has 1 atom stereocenters. The monoisotopic (exact) mass is 451 g/mol.